The van der Waals surface area contributed by atoms with Crippen molar-refractivity contribution in [1.82, 2.24) is 9.55 Å². The van der Waals surface area contributed by atoms with Crippen molar-refractivity contribution in [1.29, 1.82) is 5.26 Å². The highest BCUT2D eigenvalue weighted by Gasteiger charge is 2.04. The summed E-state index contributed by atoms with van der Waals surface area (Å²) >= 11 is 5.22. The van der Waals surface area contributed by atoms with E-state index in [1.165, 1.54) is 0 Å². The van der Waals surface area contributed by atoms with E-state index in [1.807, 2.05) is 22.9 Å². The number of hydrogen-bond acceptors (Lipinski definition) is 2. The van der Waals surface area contributed by atoms with Crippen LogP contribution in [0.15, 0.2) is 30.5 Å². The molecule has 1 N–H and O–H groups in total. The molecule has 0 fully saturated rings. The zero-order chi connectivity index (χ0) is 11.5. The van der Waals surface area contributed by atoms with Crippen LogP contribution in [0.25, 0.3) is 5.69 Å². The first kappa shape index (κ1) is 10.7. The maximum absolute atomic E-state index is 8.73. The second kappa shape index (κ2) is 4.33. The van der Waals surface area contributed by atoms with Gasteiger partial charge in [0.2, 0.25) is 0 Å². The summed E-state index contributed by atoms with van der Waals surface area (Å²) in [6.07, 6.45) is 2.83. The topological polar surface area (TPSA) is 44.5 Å². The highest BCUT2D eigenvalue weighted by molar-refractivity contribution is 7.71. The molecule has 0 aliphatic rings. The van der Waals surface area contributed by atoms with E-state index in [0.29, 0.717) is 10.3 Å². The lowest BCUT2D eigenvalue weighted by Crippen LogP contribution is -1.98. The molecule has 0 spiro atoms. The fraction of sp³-hybridized carbons (Fsp3) is 0.167. The van der Waals surface area contributed by atoms with Gasteiger partial charge in [-0.05, 0) is 42.9 Å². The molecule has 0 bridgehead atoms. The Kier molecular flexibility index (Phi) is 2.88. The maximum Gasteiger partial charge on any atom is 0.182 e. The summed E-state index contributed by atoms with van der Waals surface area (Å²) in [6.45, 7) is 2.08. The second-order valence-electron chi connectivity index (χ2n) is 3.43. The van der Waals surface area contributed by atoms with Gasteiger partial charge in [-0.25, -0.2) is 0 Å². The largest absolute Gasteiger partial charge is 0.337 e. The summed E-state index contributed by atoms with van der Waals surface area (Å²) in [6, 6.07) is 9.50. The normalized spacial score (nSPS) is 10.0. The average Bonchev–Trinajstić information content (AvgIpc) is 2.70. The third-order valence-electron chi connectivity index (χ3n) is 2.47. The molecule has 0 radical (unpaired) electrons. The Balaban J connectivity index is 2.54. The van der Waals surface area contributed by atoms with Gasteiger partial charge in [0.1, 0.15) is 0 Å². The van der Waals surface area contributed by atoms with E-state index < -0.39 is 0 Å². The van der Waals surface area contributed by atoms with Gasteiger partial charge in [-0.1, -0.05) is 6.92 Å². The van der Waals surface area contributed by atoms with Crippen molar-refractivity contribution in [3.63, 3.8) is 0 Å². The van der Waals surface area contributed by atoms with Gasteiger partial charge >= 0.3 is 0 Å². The minimum Gasteiger partial charge on any atom is -0.337 e. The van der Waals surface area contributed by atoms with Gasteiger partial charge < -0.3 is 4.98 Å². The summed E-state index contributed by atoms with van der Waals surface area (Å²) in [4.78, 5) is 3.03. The predicted molar refractivity (Wildman–Crippen MR) is 65.0 cm³/mol. The van der Waals surface area contributed by atoms with E-state index in [-0.39, 0.29) is 0 Å². The lowest BCUT2D eigenvalue weighted by atomic mass is 10.2. The van der Waals surface area contributed by atoms with Crippen LogP contribution in [0.1, 0.15) is 18.2 Å². The van der Waals surface area contributed by atoms with Gasteiger partial charge in [-0.15, -0.1) is 0 Å². The Hall–Kier alpha value is -1.86. The molecule has 1 heterocycles. The van der Waals surface area contributed by atoms with E-state index in [1.54, 1.807) is 12.1 Å². The van der Waals surface area contributed by atoms with Gasteiger partial charge in [0.25, 0.3) is 0 Å². The number of aromatic nitrogens is 2. The maximum atomic E-state index is 8.73. The molecule has 2 aromatic rings. The Morgan fingerprint density at radius 1 is 1.38 bits per heavy atom. The molecule has 2 rings (SSSR count). The molecule has 80 valence electrons. The number of imidazole rings is 1. The van der Waals surface area contributed by atoms with Crippen LogP contribution in [0.3, 0.4) is 0 Å². The Morgan fingerprint density at radius 2 is 2.06 bits per heavy atom. The minimum atomic E-state index is 0.656. The number of H-pyrrole nitrogens is 1. The SMILES string of the molecule is CCc1c[nH]c(=S)n1-c1ccc(C#N)cc1. The molecule has 0 aliphatic heterocycles. The van der Waals surface area contributed by atoms with E-state index in [9.17, 15) is 0 Å². The minimum absolute atomic E-state index is 0.656. The molecule has 0 aliphatic carbocycles. The summed E-state index contributed by atoms with van der Waals surface area (Å²) in [5, 5.41) is 8.73. The van der Waals surface area contributed by atoms with Crippen molar-refractivity contribution < 1.29 is 0 Å². The summed E-state index contributed by atoms with van der Waals surface area (Å²) in [5.41, 5.74) is 2.78. The zero-order valence-electron chi connectivity index (χ0n) is 8.90. The van der Waals surface area contributed by atoms with E-state index in [0.717, 1.165) is 17.8 Å². The standard InChI is InChI=1S/C12H11N3S/c1-2-10-8-14-12(16)15(10)11-5-3-9(7-13)4-6-11/h3-6,8H,2H2,1H3,(H,14,16). The van der Waals surface area contributed by atoms with Crippen LogP contribution in [0.2, 0.25) is 0 Å². The molecular weight excluding hydrogens is 218 g/mol. The Labute approximate surface area is 99.0 Å². The Bertz CT molecular complexity index is 584. The smallest absolute Gasteiger partial charge is 0.182 e. The lowest BCUT2D eigenvalue weighted by Gasteiger charge is -2.06. The third-order valence-corrected chi connectivity index (χ3v) is 2.77. The van der Waals surface area contributed by atoms with Crippen LogP contribution in [-0.2, 0) is 6.42 Å². The van der Waals surface area contributed by atoms with Crippen molar-refractivity contribution in [2.75, 3.05) is 0 Å². The summed E-state index contributed by atoms with van der Waals surface area (Å²) < 4.78 is 2.66. The van der Waals surface area contributed by atoms with Gasteiger partial charge in [-0.3, -0.25) is 4.57 Å². The average molecular weight is 229 g/mol. The fourth-order valence-electron chi connectivity index (χ4n) is 1.63. The van der Waals surface area contributed by atoms with Crippen molar-refractivity contribution in [2.45, 2.75) is 13.3 Å². The predicted octanol–water partition coefficient (Wildman–Crippen LogP) is 2.97. The second-order valence-corrected chi connectivity index (χ2v) is 3.82. The number of benzene rings is 1. The highest BCUT2D eigenvalue weighted by atomic mass is 32.1. The van der Waals surface area contributed by atoms with Crippen LogP contribution >= 0.6 is 12.2 Å². The summed E-state index contributed by atoms with van der Waals surface area (Å²) in [5.74, 6) is 0. The van der Waals surface area contributed by atoms with Crippen LogP contribution in [0, 0.1) is 16.1 Å². The molecule has 0 amide bonds. The molecule has 1 aromatic carbocycles. The highest BCUT2D eigenvalue weighted by Crippen LogP contribution is 2.14. The monoisotopic (exact) mass is 229 g/mol. The number of nitriles is 1. The zero-order valence-corrected chi connectivity index (χ0v) is 9.71. The van der Waals surface area contributed by atoms with Gasteiger partial charge in [0, 0.05) is 17.6 Å². The van der Waals surface area contributed by atoms with Crippen LogP contribution in [-0.4, -0.2) is 9.55 Å². The van der Waals surface area contributed by atoms with E-state index >= 15 is 0 Å². The van der Waals surface area contributed by atoms with Crippen LogP contribution < -0.4 is 0 Å². The number of aromatic amines is 1. The third kappa shape index (κ3) is 1.77. The van der Waals surface area contributed by atoms with Gasteiger partial charge in [0.15, 0.2) is 4.77 Å². The summed E-state index contributed by atoms with van der Waals surface area (Å²) in [7, 11) is 0. The van der Waals surface area contributed by atoms with Crippen molar-refractivity contribution in [2.24, 2.45) is 0 Å². The van der Waals surface area contributed by atoms with E-state index in [4.69, 9.17) is 17.5 Å². The van der Waals surface area contributed by atoms with Crippen molar-refractivity contribution in [3.05, 3.63) is 46.5 Å². The van der Waals surface area contributed by atoms with Crippen LogP contribution in [0.5, 0.6) is 0 Å². The number of aryl methyl sites for hydroxylation is 1. The Morgan fingerprint density at radius 3 is 2.62 bits per heavy atom. The molecule has 3 nitrogen and oxygen atoms in total. The van der Waals surface area contributed by atoms with Crippen molar-refractivity contribution >= 4 is 12.2 Å². The number of nitrogens with one attached hydrogen (secondary N) is 1. The molecule has 0 saturated carbocycles. The molecule has 0 atom stereocenters. The fourth-order valence-corrected chi connectivity index (χ4v) is 1.91. The number of nitrogens with zero attached hydrogens (tertiary/aromatic N) is 2. The van der Waals surface area contributed by atoms with Crippen molar-refractivity contribution in [3.8, 4) is 11.8 Å². The van der Waals surface area contributed by atoms with Gasteiger partial charge in [0.05, 0.1) is 11.6 Å². The first-order valence-corrected chi connectivity index (χ1v) is 5.47. The van der Waals surface area contributed by atoms with Gasteiger partial charge in [-0.2, -0.15) is 5.26 Å². The molecular formula is C12H11N3S. The number of rotatable bonds is 2. The van der Waals surface area contributed by atoms with Crippen LogP contribution in [0.4, 0.5) is 0 Å². The quantitative estimate of drug-likeness (QED) is 0.805. The molecule has 0 saturated heterocycles. The van der Waals surface area contributed by atoms with E-state index in [2.05, 4.69) is 18.0 Å². The first-order chi connectivity index (χ1) is 7.76. The number of hydrogen-bond donors (Lipinski definition) is 1. The first-order valence-electron chi connectivity index (χ1n) is 5.06. The molecule has 16 heavy (non-hydrogen) atoms. The molecule has 1 aromatic heterocycles. The molecule has 4 heteroatoms. The molecule has 0 unspecified atom stereocenters. The lowest BCUT2D eigenvalue weighted by molar-refractivity contribution is 0.922.